The van der Waals surface area contributed by atoms with Crippen LogP contribution in [0, 0.1) is 0 Å². The first-order valence-electron chi connectivity index (χ1n) is 5.55. The fourth-order valence-electron chi connectivity index (χ4n) is 2.33. The molecule has 0 spiro atoms. The van der Waals surface area contributed by atoms with Gasteiger partial charge in [-0.05, 0) is 24.0 Å². The second-order valence-electron chi connectivity index (χ2n) is 4.22. The lowest BCUT2D eigenvalue weighted by Gasteiger charge is -2.01. The molecule has 0 bridgehead atoms. The SMILES string of the molecule is NCc1nc(C2Cc3ccccc3C2)n[nH]1. The van der Waals surface area contributed by atoms with Crippen molar-refractivity contribution in [3.8, 4) is 0 Å². The summed E-state index contributed by atoms with van der Waals surface area (Å²) in [6, 6.07) is 8.55. The lowest BCUT2D eigenvalue weighted by atomic mass is 10.1. The van der Waals surface area contributed by atoms with E-state index in [1.807, 2.05) is 0 Å². The van der Waals surface area contributed by atoms with E-state index in [1.165, 1.54) is 11.1 Å². The van der Waals surface area contributed by atoms with Crippen molar-refractivity contribution >= 4 is 0 Å². The Morgan fingerprint density at radius 1 is 1.25 bits per heavy atom. The zero-order valence-electron chi connectivity index (χ0n) is 8.98. The third-order valence-electron chi connectivity index (χ3n) is 3.16. The Morgan fingerprint density at radius 2 is 1.94 bits per heavy atom. The van der Waals surface area contributed by atoms with Crippen LogP contribution in [0.25, 0.3) is 0 Å². The smallest absolute Gasteiger partial charge is 0.154 e. The van der Waals surface area contributed by atoms with Crippen molar-refractivity contribution in [3.63, 3.8) is 0 Å². The van der Waals surface area contributed by atoms with Crippen LogP contribution in [-0.4, -0.2) is 15.2 Å². The van der Waals surface area contributed by atoms with Gasteiger partial charge in [-0.3, -0.25) is 5.10 Å². The molecule has 4 nitrogen and oxygen atoms in total. The molecule has 1 heterocycles. The number of hydrogen-bond donors (Lipinski definition) is 2. The van der Waals surface area contributed by atoms with Crippen molar-refractivity contribution in [2.75, 3.05) is 0 Å². The summed E-state index contributed by atoms with van der Waals surface area (Å²) in [5, 5.41) is 7.11. The fraction of sp³-hybridized carbons (Fsp3) is 0.333. The Balaban J connectivity index is 1.85. The first-order valence-corrected chi connectivity index (χ1v) is 5.55. The first-order chi connectivity index (χ1) is 7.86. The zero-order chi connectivity index (χ0) is 11.0. The van der Waals surface area contributed by atoms with Gasteiger partial charge in [0.1, 0.15) is 5.82 Å². The summed E-state index contributed by atoms with van der Waals surface area (Å²) in [6.45, 7) is 0.423. The van der Waals surface area contributed by atoms with E-state index in [1.54, 1.807) is 0 Å². The topological polar surface area (TPSA) is 67.6 Å². The number of nitrogens with one attached hydrogen (secondary N) is 1. The molecule has 0 unspecified atom stereocenters. The first kappa shape index (κ1) is 9.54. The van der Waals surface area contributed by atoms with Gasteiger partial charge < -0.3 is 5.73 Å². The summed E-state index contributed by atoms with van der Waals surface area (Å²) in [5.74, 6) is 2.08. The van der Waals surface area contributed by atoms with Gasteiger partial charge in [0.15, 0.2) is 5.82 Å². The standard InChI is InChI=1S/C12H14N4/c13-7-11-14-12(16-15-11)10-5-8-3-1-2-4-9(8)6-10/h1-4,10H,5-7,13H2,(H,14,15,16). The van der Waals surface area contributed by atoms with Gasteiger partial charge in [-0.15, -0.1) is 0 Å². The number of aromatic amines is 1. The largest absolute Gasteiger partial charge is 0.324 e. The minimum atomic E-state index is 0.411. The molecule has 0 fully saturated rings. The molecule has 0 atom stereocenters. The molecule has 0 aliphatic heterocycles. The van der Waals surface area contributed by atoms with E-state index in [4.69, 9.17) is 5.73 Å². The average Bonchev–Trinajstić information content (AvgIpc) is 2.95. The van der Waals surface area contributed by atoms with Crippen molar-refractivity contribution in [1.29, 1.82) is 0 Å². The fourth-order valence-corrected chi connectivity index (χ4v) is 2.33. The highest BCUT2D eigenvalue weighted by Crippen LogP contribution is 2.31. The molecule has 82 valence electrons. The number of nitrogens with zero attached hydrogens (tertiary/aromatic N) is 2. The minimum absolute atomic E-state index is 0.411. The minimum Gasteiger partial charge on any atom is -0.324 e. The van der Waals surface area contributed by atoms with E-state index in [0.29, 0.717) is 12.5 Å². The number of nitrogens with two attached hydrogens (primary N) is 1. The summed E-state index contributed by atoms with van der Waals surface area (Å²) in [5.41, 5.74) is 8.36. The Bertz CT molecular complexity index is 478. The normalized spacial score (nSPS) is 15.3. The number of aromatic nitrogens is 3. The van der Waals surface area contributed by atoms with Crippen LogP contribution in [0.3, 0.4) is 0 Å². The highest BCUT2D eigenvalue weighted by molar-refractivity contribution is 5.34. The molecule has 0 radical (unpaired) electrons. The highest BCUT2D eigenvalue weighted by Gasteiger charge is 2.25. The maximum Gasteiger partial charge on any atom is 0.154 e. The van der Waals surface area contributed by atoms with Crippen molar-refractivity contribution in [2.24, 2.45) is 5.73 Å². The van der Waals surface area contributed by atoms with E-state index < -0.39 is 0 Å². The van der Waals surface area contributed by atoms with E-state index >= 15 is 0 Å². The summed E-state index contributed by atoms with van der Waals surface area (Å²) >= 11 is 0. The second-order valence-corrected chi connectivity index (χ2v) is 4.22. The van der Waals surface area contributed by atoms with Gasteiger partial charge in [-0.25, -0.2) is 4.98 Å². The number of fused-ring (bicyclic) bond motifs is 1. The van der Waals surface area contributed by atoms with E-state index in [0.717, 1.165) is 24.5 Å². The maximum absolute atomic E-state index is 5.51. The molecule has 0 amide bonds. The van der Waals surface area contributed by atoms with E-state index in [-0.39, 0.29) is 0 Å². The van der Waals surface area contributed by atoms with Gasteiger partial charge in [0.25, 0.3) is 0 Å². The molecular formula is C12H14N4. The molecule has 4 heteroatoms. The van der Waals surface area contributed by atoms with Crippen molar-refractivity contribution in [3.05, 3.63) is 47.0 Å². The molecule has 1 aromatic carbocycles. The maximum atomic E-state index is 5.51. The molecule has 0 saturated carbocycles. The molecular weight excluding hydrogens is 200 g/mol. The predicted octanol–water partition coefficient (Wildman–Crippen LogP) is 1.15. The van der Waals surface area contributed by atoms with Crippen LogP contribution in [0.4, 0.5) is 0 Å². The summed E-state index contributed by atoms with van der Waals surface area (Å²) < 4.78 is 0. The zero-order valence-corrected chi connectivity index (χ0v) is 8.98. The molecule has 0 saturated heterocycles. The van der Waals surface area contributed by atoms with Crippen LogP contribution in [-0.2, 0) is 19.4 Å². The molecule has 3 rings (SSSR count). The van der Waals surface area contributed by atoms with Crippen LogP contribution >= 0.6 is 0 Å². The van der Waals surface area contributed by atoms with Gasteiger partial charge in [0, 0.05) is 5.92 Å². The molecule has 2 aromatic rings. The molecule has 1 aliphatic rings. The summed E-state index contributed by atoms with van der Waals surface area (Å²) in [4.78, 5) is 4.40. The Morgan fingerprint density at radius 3 is 2.50 bits per heavy atom. The quantitative estimate of drug-likeness (QED) is 0.788. The van der Waals surface area contributed by atoms with Gasteiger partial charge in [-0.1, -0.05) is 24.3 Å². The van der Waals surface area contributed by atoms with Gasteiger partial charge in [0.05, 0.1) is 6.54 Å². The third-order valence-corrected chi connectivity index (χ3v) is 3.16. The molecule has 16 heavy (non-hydrogen) atoms. The Hall–Kier alpha value is -1.68. The number of benzene rings is 1. The van der Waals surface area contributed by atoms with Gasteiger partial charge in [-0.2, -0.15) is 5.10 Å². The monoisotopic (exact) mass is 214 g/mol. The second kappa shape index (κ2) is 3.72. The van der Waals surface area contributed by atoms with Crippen molar-refractivity contribution in [2.45, 2.75) is 25.3 Å². The summed E-state index contributed by atoms with van der Waals surface area (Å²) in [7, 11) is 0. The van der Waals surface area contributed by atoms with Gasteiger partial charge in [0.2, 0.25) is 0 Å². The van der Waals surface area contributed by atoms with Crippen molar-refractivity contribution < 1.29 is 0 Å². The van der Waals surface area contributed by atoms with Crippen LogP contribution in [0.5, 0.6) is 0 Å². The van der Waals surface area contributed by atoms with Crippen LogP contribution in [0.15, 0.2) is 24.3 Å². The third kappa shape index (κ3) is 1.51. The lowest BCUT2D eigenvalue weighted by molar-refractivity contribution is 0.686. The number of H-pyrrole nitrogens is 1. The number of rotatable bonds is 2. The Kier molecular flexibility index (Phi) is 2.22. The van der Waals surface area contributed by atoms with Crippen LogP contribution in [0.2, 0.25) is 0 Å². The molecule has 3 N–H and O–H groups in total. The lowest BCUT2D eigenvalue weighted by Crippen LogP contribution is -2.02. The molecule has 1 aromatic heterocycles. The van der Waals surface area contributed by atoms with Crippen LogP contribution in [0.1, 0.15) is 28.7 Å². The summed E-state index contributed by atoms with van der Waals surface area (Å²) in [6.07, 6.45) is 2.08. The Labute approximate surface area is 93.9 Å². The highest BCUT2D eigenvalue weighted by atomic mass is 15.2. The average molecular weight is 214 g/mol. The number of hydrogen-bond acceptors (Lipinski definition) is 3. The van der Waals surface area contributed by atoms with Crippen molar-refractivity contribution in [1.82, 2.24) is 15.2 Å². The van der Waals surface area contributed by atoms with Gasteiger partial charge >= 0.3 is 0 Å². The van der Waals surface area contributed by atoms with E-state index in [2.05, 4.69) is 39.4 Å². The predicted molar refractivity (Wildman–Crippen MR) is 60.9 cm³/mol. The van der Waals surface area contributed by atoms with E-state index in [9.17, 15) is 0 Å². The van der Waals surface area contributed by atoms with Crippen LogP contribution < -0.4 is 5.73 Å². The molecule has 1 aliphatic carbocycles.